The lowest BCUT2D eigenvalue weighted by atomic mass is 10.1. The molecular formula is C12H17FN2O3. The average molecular weight is 256 g/mol. The number of nitrogens with one attached hydrogen (secondary N) is 1. The van der Waals surface area contributed by atoms with Crippen LogP contribution in [0.2, 0.25) is 0 Å². The van der Waals surface area contributed by atoms with Crippen LogP contribution in [0.25, 0.3) is 0 Å². The summed E-state index contributed by atoms with van der Waals surface area (Å²) < 4.78 is 22.8. The first-order chi connectivity index (χ1) is 8.56. The summed E-state index contributed by atoms with van der Waals surface area (Å²) >= 11 is 0. The number of carbonyl (C=O) groups excluding carboxylic acids is 1. The van der Waals surface area contributed by atoms with Crippen molar-refractivity contribution in [3.05, 3.63) is 30.1 Å². The molecule has 0 radical (unpaired) electrons. The topological polar surface area (TPSA) is 73.6 Å². The zero-order valence-corrected chi connectivity index (χ0v) is 10.4. The highest BCUT2D eigenvalue weighted by molar-refractivity contribution is 5.82. The molecule has 1 aromatic carbocycles. The Morgan fingerprint density at radius 3 is 2.33 bits per heavy atom. The second-order valence-corrected chi connectivity index (χ2v) is 3.74. The van der Waals surface area contributed by atoms with Crippen molar-refractivity contribution in [1.82, 2.24) is 0 Å². The van der Waals surface area contributed by atoms with E-state index in [-0.39, 0.29) is 12.2 Å². The van der Waals surface area contributed by atoms with E-state index in [0.29, 0.717) is 5.69 Å². The molecule has 1 aromatic rings. The summed E-state index contributed by atoms with van der Waals surface area (Å²) in [5.41, 5.74) is 5.89. The molecule has 0 aliphatic heterocycles. The highest BCUT2D eigenvalue weighted by atomic mass is 19.1. The van der Waals surface area contributed by atoms with Gasteiger partial charge >= 0.3 is 0 Å². The fraction of sp³-hybridized carbons (Fsp3) is 0.417. The fourth-order valence-corrected chi connectivity index (χ4v) is 1.47. The first-order valence-corrected chi connectivity index (χ1v) is 5.43. The van der Waals surface area contributed by atoms with Gasteiger partial charge in [0.15, 0.2) is 6.29 Å². The van der Waals surface area contributed by atoms with Gasteiger partial charge in [-0.25, -0.2) is 4.39 Å². The van der Waals surface area contributed by atoms with E-state index in [2.05, 4.69) is 5.32 Å². The van der Waals surface area contributed by atoms with Crippen molar-refractivity contribution in [3.8, 4) is 0 Å². The van der Waals surface area contributed by atoms with Gasteiger partial charge in [-0.1, -0.05) is 0 Å². The van der Waals surface area contributed by atoms with Crippen molar-refractivity contribution in [2.24, 2.45) is 5.73 Å². The van der Waals surface area contributed by atoms with Crippen LogP contribution in [0.1, 0.15) is 6.42 Å². The van der Waals surface area contributed by atoms with Crippen molar-refractivity contribution in [3.63, 3.8) is 0 Å². The number of hydrogen-bond acceptors (Lipinski definition) is 4. The summed E-state index contributed by atoms with van der Waals surface area (Å²) in [4.78, 5) is 11.3. The lowest BCUT2D eigenvalue weighted by Crippen LogP contribution is -2.39. The molecule has 6 heteroatoms. The Labute approximate surface area is 105 Å². The molecule has 18 heavy (non-hydrogen) atoms. The standard InChI is InChI=1S/C12H17FN2O3/c1-17-11(18-2)7-10(12(14)16)15-9-5-3-8(13)4-6-9/h3-6,10-11,15H,7H2,1-2H3,(H2,14,16). The Bertz CT molecular complexity index is 379. The van der Waals surface area contributed by atoms with Crippen molar-refractivity contribution < 1.29 is 18.7 Å². The molecule has 0 aliphatic rings. The number of rotatable bonds is 7. The van der Waals surface area contributed by atoms with Crippen molar-refractivity contribution >= 4 is 11.6 Å². The molecule has 0 saturated heterocycles. The average Bonchev–Trinajstić information content (AvgIpc) is 2.36. The molecule has 0 spiro atoms. The second kappa shape index (κ2) is 6.93. The maximum absolute atomic E-state index is 12.7. The fourth-order valence-electron chi connectivity index (χ4n) is 1.47. The number of nitrogens with two attached hydrogens (primary N) is 1. The number of carbonyl (C=O) groups is 1. The van der Waals surface area contributed by atoms with Gasteiger partial charge in [-0.3, -0.25) is 4.79 Å². The third-order valence-corrected chi connectivity index (χ3v) is 2.48. The number of hydrogen-bond donors (Lipinski definition) is 2. The quantitative estimate of drug-likeness (QED) is 0.716. The van der Waals surface area contributed by atoms with Gasteiger partial charge in [-0.05, 0) is 24.3 Å². The maximum atomic E-state index is 12.7. The molecule has 1 atom stereocenters. The number of halogens is 1. The molecule has 0 aromatic heterocycles. The molecule has 0 saturated carbocycles. The van der Waals surface area contributed by atoms with Crippen LogP contribution >= 0.6 is 0 Å². The van der Waals surface area contributed by atoms with Gasteiger partial charge < -0.3 is 20.5 Å². The number of benzene rings is 1. The van der Waals surface area contributed by atoms with Gasteiger partial charge in [-0.15, -0.1) is 0 Å². The van der Waals surface area contributed by atoms with Gasteiger partial charge in [0.1, 0.15) is 11.9 Å². The minimum absolute atomic E-state index is 0.264. The molecule has 100 valence electrons. The van der Waals surface area contributed by atoms with Crippen LogP contribution in [0.15, 0.2) is 24.3 Å². The number of anilines is 1. The van der Waals surface area contributed by atoms with Crippen LogP contribution in [-0.4, -0.2) is 32.5 Å². The molecule has 1 amide bonds. The summed E-state index contributed by atoms with van der Waals surface area (Å²) in [5, 5.41) is 2.90. The summed E-state index contributed by atoms with van der Waals surface area (Å²) in [6.45, 7) is 0. The Hall–Kier alpha value is -1.66. The van der Waals surface area contributed by atoms with Crippen LogP contribution < -0.4 is 11.1 Å². The summed E-state index contributed by atoms with van der Waals surface area (Å²) in [5.74, 6) is -0.874. The van der Waals surface area contributed by atoms with Crippen molar-refractivity contribution in [2.75, 3.05) is 19.5 Å². The van der Waals surface area contributed by atoms with E-state index in [1.165, 1.54) is 38.5 Å². The SMILES string of the molecule is COC(CC(Nc1ccc(F)cc1)C(N)=O)OC. The molecule has 5 nitrogen and oxygen atoms in total. The molecule has 0 fully saturated rings. The van der Waals surface area contributed by atoms with Crippen LogP contribution in [0.5, 0.6) is 0 Å². The molecule has 1 unspecified atom stereocenters. The third kappa shape index (κ3) is 4.31. The summed E-state index contributed by atoms with van der Waals surface area (Å²) in [7, 11) is 2.95. The Morgan fingerprint density at radius 2 is 1.89 bits per heavy atom. The number of primary amides is 1. The van der Waals surface area contributed by atoms with E-state index >= 15 is 0 Å². The first-order valence-electron chi connectivity index (χ1n) is 5.43. The maximum Gasteiger partial charge on any atom is 0.240 e. The summed E-state index contributed by atoms with van der Waals surface area (Å²) in [6, 6.07) is 5.00. The second-order valence-electron chi connectivity index (χ2n) is 3.74. The Balaban J connectivity index is 2.68. The van der Waals surface area contributed by atoms with Crippen molar-refractivity contribution in [1.29, 1.82) is 0 Å². The lowest BCUT2D eigenvalue weighted by molar-refractivity contribution is -0.127. The van der Waals surface area contributed by atoms with E-state index < -0.39 is 18.2 Å². The number of amides is 1. The molecule has 1 rings (SSSR count). The minimum Gasteiger partial charge on any atom is -0.374 e. The predicted octanol–water partition coefficient (Wildman–Crippen LogP) is 1.10. The largest absolute Gasteiger partial charge is 0.374 e. The molecular weight excluding hydrogens is 239 g/mol. The van der Waals surface area contributed by atoms with Crippen LogP contribution in [0, 0.1) is 5.82 Å². The molecule has 0 aliphatic carbocycles. The van der Waals surface area contributed by atoms with Crippen molar-refractivity contribution in [2.45, 2.75) is 18.8 Å². The highest BCUT2D eigenvalue weighted by Gasteiger charge is 2.20. The molecule has 3 N–H and O–H groups in total. The zero-order chi connectivity index (χ0) is 13.5. The van der Waals surface area contributed by atoms with Gasteiger partial charge in [0.2, 0.25) is 5.91 Å². The van der Waals surface area contributed by atoms with Crippen LogP contribution in [0.3, 0.4) is 0 Å². The Kier molecular flexibility index (Phi) is 5.54. The van der Waals surface area contributed by atoms with E-state index in [9.17, 15) is 9.18 Å². The van der Waals surface area contributed by atoms with Gasteiger partial charge in [-0.2, -0.15) is 0 Å². The lowest BCUT2D eigenvalue weighted by Gasteiger charge is -2.21. The van der Waals surface area contributed by atoms with E-state index in [4.69, 9.17) is 15.2 Å². The van der Waals surface area contributed by atoms with Gasteiger partial charge in [0.05, 0.1) is 0 Å². The predicted molar refractivity (Wildman–Crippen MR) is 65.4 cm³/mol. The first kappa shape index (κ1) is 14.4. The minimum atomic E-state index is -0.652. The molecule has 0 heterocycles. The third-order valence-electron chi connectivity index (χ3n) is 2.48. The van der Waals surface area contributed by atoms with Gasteiger partial charge in [0, 0.05) is 26.3 Å². The molecule has 0 bridgehead atoms. The monoisotopic (exact) mass is 256 g/mol. The summed E-state index contributed by atoms with van der Waals surface area (Å²) in [6.07, 6.45) is -0.268. The van der Waals surface area contributed by atoms with Crippen LogP contribution in [0.4, 0.5) is 10.1 Å². The Morgan fingerprint density at radius 1 is 1.33 bits per heavy atom. The van der Waals surface area contributed by atoms with E-state index in [1.54, 1.807) is 0 Å². The van der Waals surface area contributed by atoms with E-state index in [1.807, 2.05) is 0 Å². The van der Waals surface area contributed by atoms with Crippen LogP contribution in [-0.2, 0) is 14.3 Å². The van der Waals surface area contributed by atoms with E-state index in [0.717, 1.165) is 0 Å². The highest BCUT2D eigenvalue weighted by Crippen LogP contribution is 2.13. The number of ether oxygens (including phenoxy) is 2. The normalized spacial score (nSPS) is 12.4. The zero-order valence-electron chi connectivity index (χ0n) is 10.4. The number of methoxy groups -OCH3 is 2. The van der Waals surface area contributed by atoms with Gasteiger partial charge in [0.25, 0.3) is 0 Å². The smallest absolute Gasteiger partial charge is 0.240 e.